The van der Waals surface area contributed by atoms with Crippen molar-refractivity contribution in [2.24, 2.45) is 0 Å². The van der Waals surface area contributed by atoms with Crippen LogP contribution in [0.25, 0.3) is 0 Å². The van der Waals surface area contributed by atoms with Crippen LogP contribution in [0.4, 0.5) is 4.39 Å². The van der Waals surface area contributed by atoms with Crippen molar-refractivity contribution in [3.8, 4) is 5.75 Å². The van der Waals surface area contributed by atoms with Gasteiger partial charge < -0.3 is 14.4 Å². The third-order valence-corrected chi connectivity index (χ3v) is 5.33. The van der Waals surface area contributed by atoms with Gasteiger partial charge in [0.15, 0.2) is 0 Å². The highest BCUT2D eigenvalue weighted by molar-refractivity contribution is 5.93. The number of rotatable bonds is 3. The molecule has 0 unspecified atom stereocenters. The van der Waals surface area contributed by atoms with Gasteiger partial charge in [0.1, 0.15) is 23.4 Å². The third kappa shape index (κ3) is 3.81. The molecule has 0 saturated carbocycles. The number of hydrogen-bond acceptors (Lipinski definition) is 4. The molecule has 5 nitrogen and oxygen atoms in total. The lowest BCUT2D eigenvalue weighted by Gasteiger charge is -2.39. The second-order valence-corrected chi connectivity index (χ2v) is 7.39. The number of nitrogens with zero attached hydrogens (tertiary/aromatic N) is 2. The monoisotopic (exact) mass is 370 g/mol. The number of carbonyl (C=O) groups is 1. The van der Waals surface area contributed by atoms with E-state index in [1.807, 2.05) is 24.0 Å². The van der Waals surface area contributed by atoms with Gasteiger partial charge in [-0.1, -0.05) is 6.07 Å². The summed E-state index contributed by atoms with van der Waals surface area (Å²) in [6.45, 7) is 3.63. The molecule has 1 aromatic heterocycles. The van der Waals surface area contributed by atoms with Crippen LogP contribution in [0.2, 0.25) is 0 Å². The largest absolute Gasteiger partial charge is 0.488 e. The predicted octanol–water partition coefficient (Wildman–Crippen LogP) is 3.37. The molecule has 2 atom stereocenters. The fourth-order valence-corrected chi connectivity index (χ4v) is 4.00. The molecular formula is C21H23FN2O3. The summed E-state index contributed by atoms with van der Waals surface area (Å²) < 4.78 is 25.1. The van der Waals surface area contributed by atoms with Crippen molar-refractivity contribution in [1.29, 1.82) is 0 Å². The topological polar surface area (TPSA) is 51.7 Å². The number of pyridine rings is 1. The highest BCUT2D eigenvalue weighted by atomic mass is 19.1. The van der Waals surface area contributed by atoms with E-state index >= 15 is 0 Å². The van der Waals surface area contributed by atoms with Crippen molar-refractivity contribution in [2.45, 2.75) is 37.9 Å². The Morgan fingerprint density at radius 1 is 1.33 bits per heavy atom. The fourth-order valence-electron chi connectivity index (χ4n) is 4.00. The minimum Gasteiger partial charge on any atom is -0.488 e. The Balaban J connectivity index is 1.42. The first kappa shape index (κ1) is 17.9. The van der Waals surface area contributed by atoms with Crippen LogP contribution in [0.15, 0.2) is 42.6 Å². The van der Waals surface area contributed by atoms with E-state index < -0.39 is 0 Å². The summed E-state index contributed by atoms with van der Waals surface area (Å²) in [5.74, 6) is 0.307. The summed E-state index contributed by atoms with van der Waals surface area (Å²) in [5, 5.41) is 0. The highest BCUT2D eigenvalue weighted by Gasteiger charge is 2.45. The average Bonchev–Trinajstić information content (AvgIpc) is 3.05. The van der Waals surface area contributed by atoms with Gasteiger partial charge in [0.2, 0.25) is 0 Å². The van der Waals surface area contributed by atoms with Gasteiger partial charge >= 0.3 is 0 Å². The average molecular weight is 370 g/mol. The SMILES string of the molecule is Cc1cccnc1C(=O)N1CCC[C@]2(C[C@@H](Oc3ccc(F)cc3)CO2)C1. The van der Waals surface area contributed by atoms with E-state index in [4.69, 9.17) is 9.47 Å². The lowest BCUT2D eigenvalue weighted by Crippen LogP contribution is -2.50. The zero-order valence-electron chi connectivity index (χ0n) is 15.4. The van der Waals surface area contributed by atoms with Crippen LogP contribution in [0, 0.1) is 12.7 Å². The van der Waals surface area contributed by atoms with E-state index in [0.29, 0.717) is 31.1 Å². The minimum absolute atomic E-state index is 0.0429. The first-order valence-corrected chi connectivity index (χ1v) is 9.32. The summed E-state index contributed by atoms with van der Waals surface area (Å²) in [6.07, 6.45) is 4.07. The maximum atomic E-state index is 13.1. The van der Waals surface area contributed by atoms with E-state index in [1.165, 1.54) is 12.1 Å². The minimum atomic E-state index is -0.374. The van der Waals surface area contributed by atoms with E-state index in [-0.39, 0.29) is 23.4 Å². The Morgan fingerprint density at radius 2 is 2.15 bits per heavy atom. The van der Waals surface area contributed by atoms with Crippen molar-refractivity contribution in [1.82, 2.24) is 9.88 Å². The molecule has 1 amide bonds. The summed E-state index contributed by atoms with van der Waals surface area (Å²) in [5.41, 5.74) is 1.01. The van der Waals surface area contributed by atoms with Gasteiger partial charge in [0.25, 0.3) is 5.91 Å². The van der Waals surface area contributed by atoms with Crippen molar-refractivity contribution in [3.05, 3.63) is 59.7 Å². The summed E-state index contributed by atoms with van der Waals surface area (Å²) in [4.78, 5) is 19.0. The molecule has 2 aliphatic rings. The Labute approximate surface area is 158 Å². The number of amides is 1. The smallest absolute Gasteiger partial charge is 0.272 e. The fraction of sp³-hybridized carbons (Fsp3) is 0.429. The zero-order chi connectivity index (χ0) is 18.9. The van der Waals surface area contributed by atoms with Gasteiger partial charge in [-0.15, -0.1) is 0 Å². The molecule has 142 valence electrons. The molecule has 1 spiro atoms. The molecule has 0 bridgehead atoms. The highest BCUT2D eigenvalue weighted by Crippen LogP contribution is 2.36. The first-order valence-electron chi connectivity index (χ1n) is 9.32. The maximum Gasteiger partial charge on any atom is 0.272 e. The number of piperidine rings is 1. The summed E-state index contributed by atoms with van der Waals surface area (Å²) >= 11 is 0. The van der Waals surface area contributed by atoms with E-state index in [9.17, 15) is 9.18 Å². The summed E-state index contributed by atoms with van der Waals surface area (Å²) in [6, 6.07) is 9.76. The Kier molecular flexibility index (Phi) is 4.83. The predicted molar refractivity (Wildman–Crippen MR) is 98.2 cm³/mol. The molecule has 0 aliphatic carbocycles. The van der Waals surface area contributed by atoms with Gasteiger partial charge in [-0.2, -0.15) is 0 Å². The van der Waals surface area contributed by atoms with Crippen molar-refractivity contribution in [2.75, 3.05) is 19.7 Å². The lowest BCUT2D eigenvalue weighted by molar-refractivity contribution is -0.0454. The van der Waals surface area contributed by atoms with Crippen LogP contribution in [0.3, 0.4) is 0 Å². The molecule has 2 fully saturated rings. The molecule has 2 aliphatic heterocycles. The molecule has 4 rings (SSSR count). The van der Waals surface area contributed by atoms with Gasteiger partial charge in [-0.05, 0) is 55.7 Å². The van der Waals surface area contributed by atoms with Crippen LogP contribution in [0.5, 0.6) is 5.75 Å². The quantitative estimate of drug-likeness (QED) is 0.831. The van der Waals surface area contributed by atoms with Crippen molar-refractivity contribution < 1.29 is 18.7 Å². The van der Waals surface area contributed by atoms with Gasteiger partial charge in [-0.25, -0.2) is 4.39 Å². The zero-order valence-corrected chi connectivity index (χ0v) is 15.4. The number of aryl methyl sites for hydroxylation is 1. The van der Waals surface area contributed by atoms with Crippen LogP contribution in [-0.2, 0) is 4.74 Å². The van der Waals surface area contributed by atoms with Crippen molar-refractivity contribution in [3.63, 3.8) is 0 Å². The number of ether oxygens (including phenoxy) is 2. The lowest BCUT2D eigenvalue weighted by atomic mass is 9.89. The number of carbonyl (C=O) groups excluding carboxylic acids is 1. The molecule has 2 aromatic rings. The Bertz CT molecular complexity index is 826. The van der Waals surface area contributed by atoms with Crippen LogP contribution in [-0.4, -0.2) is 47.2 Å². The molecule has 0 radical (unpaired) electrons. The molecule has 1 aromatic carbocycles. The van der Waals surface area contributed by atoms with E-state index in [1.54, 1.807) is 18.3 Å². The van der Waals surface area contributed by atoms with Gasteiger partial charge in [-0.3, -0.25) is 9.78 Å². The van der Waals surface area contributed by atoms with Crippen molar-refractivity contribution >= 4 is 5.91 Å². The third-order valence-electron chi connectivity index (χ3n) is 5.33. The van der Waals surface area contributed by atoms with Gasteiger partial charge in [0, 0.05) is 19.2 Å². The van der Waals surface area contributed by atoms with Gasteiger partial charge in [0.05, 0.1) is 18.8 Å². The number of aromatic nitrogens is 1. The number of halogens is 1. The Morgan fingerprint density at radius 3 is 2.93 bits per heavy atom. The summed E-state index contributed by atoms with van der Waals surface area (Å²) in [7, 11) is 0. The first-order chi connectivity index (χ1) is 13.0. The molecule has 6 heteroatoms. The van der Waals surface area contributed by atoms with Crippen LogP contribution in [0.1, 0.15) is 35.3 Å². The number of likely N-dealkylation sites (tertiary alicyclic amines) is 1. The van der Waals surface area contributed by atoms with E-state index in [2.05, 4.69) is 4.98 Å². The molecule has 3 heterocycles. The molecule has 0 N–H and O–H groups in total. The van der Waals surface area contributed by atoms with E-state index in [0.717, 1.165) is 24.8 Å². The molecule has 2 saturated heterocycles. The van der Waals surface area contributed by atoms with Crippen LogP contribution < -0.4 is 4.74 Å². The number of hydrogen-bond donors (Lipinski definition) is 0. The normalized spacial score (nSPS) is 25.0. The Hall–Kier alpha value is -2.47. The standard InChI is InChI=1S/C21H23FN2O3/c1-15-4-2-10-23-19(15)20(25)24-11-3-9-21(14-24)12-18(13-26-21)27-17-7-5-16(22)6-8-17/h2,4-8,10,18H,3,9,11-14H2,1H3/t18-,21+/m1/s1. The molecular weight excluding hydrogens is 347 g/mol. The maximum absolute atomic E-state index is 13.1. The number of benzene rings is 1. The second-order valence-electron chi connectivity index (χ2n) is 7.39. The second kappa shape index (κ2) is 7.27. The molecule has 27 heavy (non-hydrogen) atoms. The van der Waals surface area contributed by atoms with Crippen LogP contribution >= 0.6 is 0 Å².